The number of nitrogens with one attached hydrogen (secondary N) is 2. The molecule has 1 amide bonds. The first-order valence-electron chi connectivity index (χ1n) is 11.2. The number of benzene rings is 2. The van der Waals surface area contributed by atoms with Crippen molar-refractivity contribution in [2.45, 2.75) is 12.5 Å². The van der Waals surface area contributed by atoms with Crippen LogP contribution in [0.1, 0.15) is 15.9 Å². The fourth-order valence-corrected chi connectivity index (χ4v) is 3.89. The number of hydrogen-bond donors (Lipinski definition) is 2. The molecule has 0 bridgehead atoms. The van der Waals surface area contributed by atoms with E-state index in [1.54, 1.807) is 25.6 Å². The maximum atomic E-state index is 12.2. The molecule has 34 heavy (non-hydrogen) atoms. The Morgan fingerprint density at radius 1 is 1.09 bits per heavy atom. The predicted molar refractivity (Wildman–Crippen MR) is 130 cm³/mol. The highest BCUT2D eigenvalue weighted by Crippen LogP contribution is 2.24. The lowest BCUT2D eigenvalue weighted by Crippen LogP contribution is -2.38. The number of ether oxygens (including phenoxy) is 2. The van der Waals surface area contributed by atoms with Crippen molar-refractivity contribution in [3.63, 3.8) is 0 Å². The molecule has 0 spiro atoms. The number of para-hydroxylation sites is 1. The summed E-state index contributed by atoms with van der Waals surface area (Å²) in [5.41, 5.74) is 4.35. The molecule has 8 heteroatoms. The topological polar surface area (TPSA) is 98.3 Å². The van der Waals surface area contributed by atoms with Gasteiger partial charge in [-0.3, -0.25) is 9.78 Å². The molecule has 1 fully saturated rings. The monoisotopic (exact) mass is 455 g/mol. The second-order valence-corrected chi connectivity index (χ2v) is 8.02. The molecule has 1 aliphatic rings. The maximum absolute atomic E-state index is 12.2. The molecule has 1 aliphatic heterocycles. The van der Waals surface area contributed by atoms with Crippen molar-refractivity contribution in [1.82, 2.24) is 20.3 Å². The zero-order valence-corrected chi connectivity index (χ0v) is 18.8. The van der Waals surface area contributed by atoms with Crippen LogP contribution in [0.3, 0.4) is 0 Å². The smallest absolute Gasteiger partial charge is 0.251 e. The second kappa shape index (κ2) is 9.84. The fourth-order valence-electron chi connectivity index (χ4n) is 3.89. The van der Waals surface area contributed by atoms with Gasteiger partial charge in [0.2, 0.25) is 0 Å². The fraction of sp³-hybridized carbons (Fsp3) is 0.231. The average Bonchev–Trinajstić information content (AvgIpc) is 2.86. The number of hydrogen-bond acceptors (Lipinski definition) is 7. The standard InChI is InChI=1S/C26H25N5O3/c1-27-26(32)22-10-12-29-25-18(3-2-4-21(22)25)9-11-28-24-13-23(30-16-31-24)17-5-7-19(8-6-17)34-20-14-33-15-20/h2-8,10,12-13,16,20H,9,11,14-15H2,1H3,(H,27,32)(H,28,30,31). The van der Waals surface area contributed by atoms with Crippen LogP contribution in [0, 0.1) is 0 Å². The van der Waals surface area contributed by atoms with Crippen molar-refractivity contribution in [3.05, 3.63) is 78.2 Å². The summed E-state index contributed by atoms with van der Waals surface area (Å²) in [6.45, 7) is 1.96. The summed E-state index contributed by atoms with van der Waals surface area (Å²) in [5.74, 6) is 1.46. The highest BCUT2D eigenvalue weighted by Gasteiger charge is 2.20. The zero-order valence-electron chi connectivity index (χ0n) is 18.8. The summed E-state index contributed by atoms with van der Waals surface area (Å²) < 4.78 is 11.0. The third-order valence-corrected chi connectivity index (χ3v) is 5.75. The number of nitrogens with zero attached hydrogens (tertiary/aromatic N) is 3. The van der Waals surface area contributed by atoms with Gasteiger partial charge in [-0.05, 0) is 42.3 Å². The number of anilines is 1. The van der Waals surface area contributed by atoms with Gasteiger partial charge in [-0.25, -0.2) is 9.97 Å². The van der Waals surface area contributed by atoms with Crippen LogP contribution in [0.5, 0.6) is 5.75 Å². The van der Waals surface area contributed by atoms with Crippen molar-refractivity contribution >= 4 is 22.6 Å². The van der Waals surface area contributed by atoms with Crippen LogP contribution in [0.2, 0.25) is 0 Å². The van der Waals surface area contributed by atoms with E-state index in [2.05, 4.69) is 25.6 Å². The number of carbonyl (C=O) groups is 1. The summed E-state index contributed by atoms with van der Waals surface area (Å²) >= 11 is 0. The molecule has 2 aromatic carbocycles. The van der Waals surface area contributed by atoms with Gasteiger partial charge in [0.1, 0.15) is 24.0 Å². The third kappa shape index (κ3) is 4.67. The Kier molecular flexibility index (Phi) is 6.31. The molecule has 3 heterocycles. The van der Waals surface area contributed by atoms with Crippen LogP contribution in [0.4, 0.5) is 5.82 Å². The third-order valence-electron chi connectivity index (χ3n) is 5.75. The molecule has 0 unspecified atom stereocenters. The van der Waals surface area contributed by atoms with E-state index >= 15 is 0 Å². The van der Waals surface area contributed by atoms with Crippen molar-refractivity contribution in [2.75, 3.05) is 32.1 Å². The number of rotatable bonds is 8. The zero-order chi connectivity index (χ0) is 23.3. The Bertz CT molecular complexity index is 1310. The van der Waals surface area contributed by atoms with Crippen LogP contribution in [-0.2, 0) is 11.2 Å². The maximum Gasteiger partial charge on any atom is 0.251 e. The highest BCUT2D eigenvalue weighted by molar-refractivity contribution is 6.06. The lowest BCUT2D eigenvalue weighted by Gasteiger charge is -2.26. The SMILES string of the molecule is CNC(=O)c1ccnc2c(CCNc3cc(-c4ccc(OC5COC5)cc4)ncn3)cccc12. The summed E-state index contributed by atoms with van der Waals surface area (Å²) in [7, 11) is 1.63. The van der Waals surface area contributed by atoms with E-state index in [9.17, 15) is 4.79 Å². The quantitative estimate of drug-likeness (QED) is 0.420. The Balaban J connectivity index is 1.25. The van der Waals surface area contributed by atoms with Gasteiger partial charge < -0.3 is 20.1 Å². The van der Waals surface area contributed by atoms with Crippen LogP contribution < -0.4 is 15.4 Å². The van der Waals surface area contributed by atoms with Crippen molar-refractivity contribution in [2.24, 2.45) is 0 Å². The number of carbonyl (C=O) groups excluding carboxylic acids is 1. The van der Waals surface area contributed by atoms with Crippen molar-refractivity contribution in [1.29, 1.82) is 0 Å². The lowest BCUT2D eigenvalue weighted by atomic mass is 10.0. The predicted octanol–water partition coefficient (Wildman–Crippen LogP) is 3.48. The first kappa shape index (κ1) is 21.8. The van der Waals surface area contributed by atoms with Crippen LogP contribution >= 0.6 is 0 Å². The largest absolute Gasteiger partial charge is 0.486 e. The minimum atomic E-state index is -0.118. The van der Waals surface area contributed by atoms with E-state index < -0.39 is 0 Å². The number of amides is 1. The van der Waals surface area contributed by atoms with Gasteiger partial charge in [0.15, 0.2) is 0 Å². The Morgan fingerprint density at radius 2 is 1.94 bits per heavy atom. The van der Waals surface area contributed by atoms with Gasteiger partial charge in [0.05, 0.1) is 30.0 Å². The molecule has 5 rings (SSSR count). The number of pyridine rings is 1. The van der Waals surface area contributed by atoms with Gasteiger partial charge in [0, 0.05) is 36.8 Å². The second-order valence-electron chi connectivity index (χ2n) is 8.02. The Hall–Kier alpha value is -4.04. The number of aromatic nitrogens is 3. The first-order valence-corrected chi connectivity index (χ1v) is 11.2. The lowest BCUT2D eigenvalue weighted by molar-refractivity contribution is -0.0796. The molecule has 1 saturated heterocycles. The van der Waals surface area contributed by atoms with Gasteiger partial charge in [-0.1, -0.05) is 18.2 Å². The average molecular weight is 456 g/mol. The highest BCUT2D eigenvalue weighted by atomic mass is 16.6. The normalized spacial score (nSPS) is 13.3. The van der Waals surface area contributed by atoms with Crippen molar-refractivity contribution < 1.29 is 14.3 Å². The molecule has 172 valence electrons. The summed E-state index contributed by atoms with van der Waals surface area (Å²) in [6.07, 6.45) is 4.12. The molecule has 0 aliphatic carbocycles. The van der Waals surface area contributed by atoms with Crippen LogP contribution in [-0.4, -0.2) is 53.8 Å². The summed E-state index contributed by atoms with van der Waals surface area (Å²) in [6, 6.07) is 17.5. The van der Waals surface area contributed by atoms with Gasteiger partial charge in [-0.2, -0.15) is 0 Å². The molecule has 8 nitrogen and oxygen atoms in total. The first-order chi connectivity index (χ1) is 16.7. The Labute approximate surface area is 197 Å². The van der Waals surface area contributed by atoms with E-state index in [0.29, 0.717) is 25.3 Å². The molecular weight excluding hydrogens is 430 g/mol. The van der Waals surface area contributed by atoms with E-state index in [1.165, 1.54) is 0 Å². The summed E-state index contributed by atoms with van der Waals surface area (Å²) in [4.78, 5) is 25.5. The van der Waals surface area contributed by atoms with Gasteiger partial charge >= 0.3 is 0 Å². The molecule has 2 aromatic heterocycles. The molecule has 0 radical (unpaired) electrons. The molecule has 2 N–H and O–H groups in total. The summed E-state index contributed by atoms with van der Waals surface area (Å²) in [5, 5.41) is 6.91. The number of fused-ring (bicyclic) bond motifs is 1. The van der Waals surface area contributed by atoms with E-state index in [4.69, 9.17) is 9.47 Å². The van der Waals surface area contributed by atoms with Crippen molar-refractivity contribution in [3.8, 4) is 17.0 Å². The van der Waals surface area contributed by atoms with E-state index in [-0.39, 0.29) is 12.0 Å². The molecule has 0 atom stereocenters. The molecular formula is C26H25N5O3. The Morgan fingerprint density at radius 3 is 2.71 bits per heavy atom. The minimum Gasteiger partial charge on any atom is -0.486 e. The van der Waals surface area contributed by atoms with Crippen LogP contribution in [0.15, 0.2) is 67.1 Å². The van der Waals surface area contributed by atoms with E-state index in [0.717, 1.165) is 45.7 Å². The van der Waals surface area contributed by atoms with E-state index in [1.807, 2.05) is 48.5 Å². The van der Waals surface area contributed by atoms with Gasteiger partial charge in [-0.15, -0.1) is 0 Å². The van der Waals surface area contributed by atoms with Crippen LogP contribution in [0.25, 0.3) is 22.2 Å². The molecule has 0 saturated carbocycles. The minimum absolute atomic E-state index is 0.118. The van der Waals surface area contributed by atoms with Gasteiger partial charge in [0.25, 0.3) is 5.91 Å². The molecule has 4 aromatic rings.